The molecule has 0 aromatic carbocycles. The second-order valence-corrected chi connectivity index (χ2v) is 8.55. The number of thiophene rings is 1. The molecule has 0 fully saturated rings. The number of ether oxygens (including phenoxy) is 1. The van der Waals surface area contributed by atoms with E-state index in [0.29, 0.717) is 20.8 Å². The van der Waals surface area contributed by atoms with Crippen LogP contribution in [0.15, 0.2) is 17.3 Å². The van der Waals surface area contributed by atoms with Crippen molar-refractivity contribution < 1.29 is 14.3 Å². The number of aryl methyl sites for hydroxylation is 3. The third-order valence-corrected chi connectivity index (χ3v) is 6.50. The van der Waals surface area contributed by atoms with E-state index in [2.05, 4.69) is 15.3 Å². The molecular formula is C19H18Cl2N4O4S. The molecule has 0 bridgehead atoms. The Morgan fingerprint density at radius 3 is 2.67 bits per heavy atom. The Morgan fingerprint density at radius 1 is 1.20 bits per heavy atom. The van der Waals surface area contributed by atoms with Gasteiger partial charge in [0.15, 0.2) is 12.4 Å². The average Bonchev–Trinajstić information content (AvgIpc) is 3.01. The highest BCUT2D eigenvalue weighted by molar-refractivity contribution is 7.18. The molecule has 1 amide bonds. The molecule has 0 unspecified atom stereocenters. The smallest absolute Gasteiger partial charge is 0.308 e. The third-order valence-electron chi connectivity index (χ3n) is 4.54. The fraction of sp³-hybridized carbons (Fsp3) is 0.316. The molecule has 0 aliphatic heterocycles. The summed E-state index contributed by atoms with van der Waals surface area (Å²) in [7, 11) is 0. The van der Waals surface area contributed by atoms with Crippen molar-refractivity contribution >= 4 is 62.4 Å². The molecule has 0 saturated heterocycles. The van der Waals surface area contributed by atoms with Gasteiger partial charge in [-0.3, -0.25) is 19.0 Å². The number of fused-ring (bicyclic) bond motifs is 1. The number of esters is 1. The Balaban J connectivity index is 1.55. The van der Waals surface area contributed by atoms with E-state index >= 15 is 0 Å². The van der Waals surface area contributed by atoms with Gasteiger partial charge in [-0.1, -0.05) is 23.2 Å². The second-order valence-electron chi connectivity index (χ2n) is 6.56. The SMILES string of the molecule is Cc1sc2ncn(CCC(=O)OCC(=O)Nc3ncc(Cl)c(C)c3Cl)c(=O)c2c1C. The van der Waals surface area contributed by atoms with Crippen molar-refractivity contribution in [2.45, 2.75) is 33.7 Å². The molecule has 3 rings (SSSR count). The van der Waals surface area contributed by atoms with Crippen LogP contribution in [-0.4, -0.2) is 33.0 Å². The number of nitrogens with one attached hydrogen (secondary N) is 1. The number of pyridine rings is 1. The van der Waals surface area contributed by atoms with Crippen molar-refractivity contribution in [1.29, 1.82) is 0 Å². The van der Waals surface area contributed by atoms with Gasteiger partial charge in [0.2, 0.25) is 0 Å². The highest BCUT2D eigenvalue weighted by atomic mass is 35.5. The van der Waals surface area contributed by atoms with Crippen LogP contribution in [0.25, 0.3) is 10.2 Å². The van der Waals surface area contributed by atoms with Gasteiger partial charge in [-0.15, -0.1) is 11.3 Å². The fourth-order valence-corrected chi connectivity index (χ4v) is 4.05. The van der Waals surface area contributed by atoms with Crippen LogP contribution in [-0.2, 0) is 20.9 Å². The summed E-state index contributed by atoms with van der Waals surface area (Å²) in [6.45, 7) is 5.09. The van der Waals surface area contributed by atoms with Crippen molar-refractivity contribution in [3.8, 4) is 0 Å². The van der Waals surface area contributed by atoms with E-state index in [-0.39, 0.29) is 29.4 Å². The minimum atomic E-state index is -0.623. The minimum absolute atomic E-state index is 0.0817. The Hall–Kier alpha value is -2.49. The standard InChI is InChI=1S/C19H18Cl2N4O4S/c1-9-11(3)30-18-15(9)19(28)25(8-23-18)5-4-14(27)29-7-13(26)24-17-16(21)10(2)12(20)6-22-17/h6,8H,4-5,7H2,1-3H3,(H,22,24,26). The number of carbonyl (C=O) groups is 2. The molecule has 0 aliphatic carbocycles. The monoisotopic (exact) mass is 468 g/mol. The molecule has 1 N–H and O–H groups in total. The molecule has 0 saturated carbocycles. The van der Waals surface area contributed by atoms with Crippen LogP contribution in [0, 0.1) is 20.8 Å². The van der Waals surface area contributed by atoms with Gasteiger partial charge in [-0.2, -0.15) is 0 Å². The summed E-state index contributed by atoms with van der Waals surface area (Å²) < 4.78 is 6.33. The molecule has 0 radical (unpaired) electrons. The third kappa shape index (κ3) is 4.63. The lowest BCUT2D eigenvalue weighted by molar-refractivity contribution is -0.147. The Bertz CT molecular complexity index is 1210. The Morgan fingerprint density at radius 2 is 1.93 bits per heavy atom. The molecule has 0 atom stereocenters. The topological polar surface area (TPSA) is 103 Å². The van der Waals surface area contributed by atoms with Gasteiger partial charge in [0.1, 0.15) is 4.83 Å². The van der Waals surface area contributed by atoms with Crippen molar-refractivity contribution in [2.75, 3.05) is 11.9 Å². The van der Waals surface area contributed by atoms with Crippen LogP contribution in [0.4, 0.5) is 5.82 Å². The maximum atomic E-state index is 12.6. The zero-order valence-corrected chi connectivity index (χ0v) is 18.7. The number of halogens is 2. The first-order valence-electron chi connectivity index (χ1n) is 8.90. The number of anilines is 1. The predicted octanol–water partition coefficient (Wildman–Crippen LogP) is 3.66. The molecule has 30 heavy (non-hydrogen) atoms. The summed E-state index contributed by atoms with van der Waals surface area (Å²) >= 11 is 13.4. The largest absolute Gasteiger partial charge is 0.456 e. The lowest BCUT2D eigenvalue weighted by atomic mass is 10.2. The zero-order valence-electron chi connectivity index (χ0n) is 16.4. The number of carbonyl (C=O) groups excluding carboxylic acids is 2. The Labute approximate surface area is 185 Å². The van der Waals surface area contributed by atoms with Gasteiger partial charge < -0.3 is 10.1 Å². The van der Waals surface area contributed by atoms with Crippen molar-refractivity contribution in [3.63, 3.8) is 0 Å². The summed E-state index contributed by atoms with van der Waals surface area (Å²) in [5, 5.41) is 3.62. The van der Waals surface area contributed by atoms with Crippen LogP contribution in [0.1, 0.15) is 22.4 Å². The molecule has 158 valence electrons. The van der Waals surface area contributed by atoms with Gasteiger partial charge in [0, 0.05) is 17.6 Å². The van der Waals surface area contributed by atoms with Crippen LogP contribution >= 0.6 is 34.5 Å². The minimum Gasteiger partial charge on any atom is -0.456 e. The summed E-state index contributed by atoms with van der Waals surface area (Å²) in [4.78, 5) is 46.5. The average molecular weight is 469 g/mol. The predicted molar refractivity (Wildman–Crippen MR) is 117 cm³/mol. The number of rotatable bonds is 6. The summed E-state index contributed by atoms with van der Waals surface area (Å²) in [5.41, 5.74) is 1.27. The highest BCUT2D eigenvalue weighted by Crippen LogP contribution is 2.28. The molecule has 3 heterocycles. The van der Waals surface area contributed by atoms with E-state index < -0.39 is 18.5 Å². The summed E-state index contributed by atoms with van der Waals surface area (Å²) in [6.07, 6.45) is 2.70. The second kappa shape index (κ2) is 9.11. The quantitative estimate of drug-likeness (QED) is 0.553. The maximum absolute atomic E-state index is 12.6. The molecule has 0 aliphatic rings. The van der Waals surface area contributed by atoms with Crippen molar-refractivity contribution in [1.82, 2.24) is 14.5 Å². The van der Waals surface area contributed by atoms with Gasteiger partial charge in [0.25, 0.3) is 11.5 Å². The summed E-state index contributed by atoms with van der Waals surface area (Å²) in [5.74, 6) is -1.09. The van der Waals surface area contributed by atoms with Gasteiger partial charge >= 0.3 is 5.97 Å². The first-order chi connectivity index (χ1) is 14.2. The fourth-order valence-electron chi connectivity index (χ4n) is 2.67. The van der Waals surface area contributed by atoms with Crippen molar-refractivity contribution in [3.05, 3.63) is 48.9 Å². The van der Waals surface area contributed by atoms with Crippen LogP contribution in [0.3, 0.4) is 0 Å². The van der Waals surface area contributed by atoms with Crippen LogP contribution in [0.2, 0.25) is 10.0 Å². The molecular weight excluding hydrogens is 451 g/mol. The molecule has 8 nitrogen and oxygen atoms in total. The Kier molecular flexibility index (Phi) is 6.74. The highest BCUT2D eigenvalue weighted by Gasteiger charge is 2.15. The lowest BCUT2D eigenvalue weighted by Gasteiger charge is -2.10. The van der Waals surface area contributed by atoms with Gasteiger partial charge in [-0.25, -0.2) is 9.97 Å². The first kappa shape index (κ1) is 22.2. The van der Waals surface area contributed by atoms with E-state index in [9.17, 15) is 14.4 Å². The molecule has 3 aromatic rings. The van der Waals surface area contributed by atoms with Crippen molar-refractivity contribution in [2.24, 2.45) is 0 Å². The van der Waals surface area contributed by atoms with Crippen LogP contribution in [0.5, 0.6) is 0 Å². The van der Waals surface area contributed by atoms with E-state index in [0.717, 1.165) is 10.4 Å². The summed E-state index contributed by atoms with van der Waals surface area (Å²) in [6, 6.07) is 0. The van der Waals surface area contributed by atoms with E-state index in [1.807, 2.05) is 13.8 Å². The van der Waals surface area contributed by atoms with E-state index in [1.165, 1.54) is 28.4 Å². The number of nitrogens with zero attached hydrogens (tertiary/aromatic N) is 3. The number of hydrogen-bond acceptors (Lipinski definition) is 7. The maximum Gasteiger partial charge on any atom is 0.308 e. The normalized spacial score (nSPS) is 11.0. The zero-order chi connectivity index (χ0) is 22.0. The molecule has 11 heteroatoms. The molecule has 3 aromatic heterocycles. The lowest BCUT2D eigenvalue weighted by Crippen LogP contribution is -2.24. The number of aromatic nitrogens is 3. The van der Waals surface area contributed by atoms with Gasteiger partial charge in [-0.05, 0) is 31.9 Å². The van der Waals surface area contributed by atoms with Crippen LogP contribution < -0.4 is 10.9 Å². The van der Waals surface area contributed by atoms with Gasteiger partial charge in [0.05, 0.1) is 28.2 Å². The van der Waals surface area contributed by atoms with E-state index in [1.54, 1.807) is 6.92 Å². The van der Waals surface area contributed by atoms with E-state index in [4.69, 9.17) is 27.9 Å². The number of amides is 1. The molecule has 0 spiro atoms. The first-order valence-corrected chi connectivity index (χ1v) is 10.5. The number of hydrogen-bond donors (Lipinski definition) is 1.